The van der Waals surface area contributed by atoms with Crippen molar-refractivity contribution in [3.8, 4) is 11.5 Å². The van der Waals surface area contributed by atoms with Gasteiger partial charge in [0.1, 0.15) is 18.2 Å². The number of hydrogen-bond donors (Lipinski definition) is 2. The Kier molecular flexibility index (Phi) is 20.5. The van der Waals surface area contributed by atoms with Gasteiger partial charge in [0, 0.05) is 35.5 Å². The molecule has 0 saturated heterocycles. The van der Waals surface area contributed by atoms with Crippen LogP contribution in [0.1, 0.15) is 75.6 Å². The van der Waals surface area contributed by atoms with Gasteiger partial charge in [-0.2, -0.15) is 0 Å². The first-order chi connectivity index (χ1) is 16.6. The fourth-order valence-electron chi connectivity index (χ4n) is 2.81. The van der Waals surface area contributed by atoms with Crippen LogP contribution in [0.2, 0.25) is 0 Å². The number of aliphatic imine (C=N–C) groups is 2. The first-order valence-electron chi connectivity index (χ1n) is 11.6. The summed E-state index contributed by atoms with van der Waals surface area (Å²) >= 11 is 0. The molecule has 0 unspecified atom stereocenters. The smallest absolute Gasteiger partial charge is 0.550 e. The van der Waals surface area contributed by atoms with Crippen molar-refractivity contribution in [1.82, 2.24) is 0 Å². The van der Waals surface area contributed by atoms with Crippen LogP contribution in [0.25, 0.3) is 0 Å². The maximum absolute atomic E-state index is 9.97. The number of aromatic hydroxyl groups is 2. The number of nitrogens with zero attached hydrogens (tertiary/aromatic N) is 2. The zero-order valence-electron chi connectivity index (χ0n) is 21.3. The van der Waals surface area contributed by atoms with E-state index in [1.807, 2.05) is 24.3 Å². The molecule has 0 aliphatic carbocycles. The number of carboxylic acids is 2. The number of benzene rings is 2. The standard InChI is InChI=1S/C23H30N2O2.2C2H4O2.Co/c1-3-5-7-18-9-11-22(26)20(13-18)15-24-17-25-16-21-14-19(8-6-4-2)10-12-23(21)27;2*1-2(3)4;/h9-16,26-27H,3-8,17H2,1-2H3;2*1H3,(H,3,4);/q;;;+2/p-2. The van der Waals surface area contributed by atoms with Crippen LogP contribution in [0, 0.1) is 0 Å². The van der Waals surface area contributed by atoms with Gasteiger partial charge in [-0.15, -0.1) is 0 Å². The Balaban J connectivity index is 0. The number of phenolic OH excluding ortho intramolecular Hbond substituents is 2. The third-order valence-corrected chi connectivity index (χ3v) is 4.45. The van der Waals surface area contributed by atoms with E-state index in [4.69, 9.17) is 19.8 Å². The molecular formula is C27H36CoN2O6. The van der Waals surface area contributed by atoms with E-state index in [0.29, 0.717) is 11.1 Å². The van der Waals surface area contributed by atoms with E-state index in [-0.39, 0.29) is 34.9 Å². The average molecular weight is 544 g/mol. The van der Waals surface area contributed by atoms with Crippen LogP contribution in [0.15, 0.2) is 46.4 Å². The molecule has 0 aliphatic rings. The van der Waals surface area contributed by atoms with Crippen molar-refractivity contribution >= 4 is 24.4 Å². The van der Waals surface area contributed by atoms with Crippen molar-refractivity contribution in [3.63, 3.8) is 0 Å². The quantitative estimate of drug-likeness (QED) is 0.441. The Morgan fingerprint density at radius 2 is 1.11 bits per heavy atom. The number of carboxylic acid groups (broad SMARTS) is 2. The van der Waals surface area contributed by atoms with Gasteiger partial charge in [0.25, 0.3) is 0 Å². The second-order valence-electron chi connectivity index (χ2n) is 7.74. The first kappa shape index (κ1) is 35.0. The summed E-state index contributed by atoms with van der Waals surface area (Å²) in [7, 11) is 0. The molecule has 0 bridgehead atoms. The second-order valence-corrected chi connectivity index (χ2v) is 7.74. The summed E-state index contributed by atoms with van der Waals surface area (Å²) in [4.78, 5) is 26.3. The molecule has 199 valence electrons. The number of aryl methyl sites for hydroxylation is 2. The molecule has 1 radical (unpaired) electrons. The van der Waals surface area contributed by atoms with E-state index in [0.717, 1.165) is 52.4 Å². The molecular weight excluding hydrogens is 507 g/mol. The summed E-state index contributed by atoms with van der Waals surface area (Å²) in [5.74, 6) is -1.71. The van der Waals surface area contributed by atoms with Gasteiger partial charge in [-0.25, -0.2) is 0 Å². The van der Waals surface area contributed by atoms with Gasteiger partial charge in [-0.05, 0) is 74.9 Å². The van der Waals surface area contributed by atoms with E-state index < -0.39 is 11.9 Å². The Hall–Kier alpha value is -3.17. The fraction of sp³-hybridized carbons (Fsp3) is 0.407. The first-order valence-corrected chi connectivity index (χ1v) is 11.6. The number of rotatable bonds is 10. The van der Waals surface area contributed by atoms with Crippen molar-refractivity contribution in [1.29, 1.82) is 0 Å². The van der Waals surface area contributed by atoms with Crippen molar-refractivity contribution < 1.29 is 46.8 Å². The van der Waals surface area contributed by atoms with E-state index in [1.54, 1.807) is 24.6 Å². The van der Waals surface area contributed by atoms with E-state index >= 15 is 0 Å². The minimum Gasteiger partial charge on any atom is -0.550 e. The molecule has 2 N–H and O–H groups in total. The summed E-state index contributed by atoms with van der Waals surface area (Å²) in [5.41, 5.74) is 3.83. The zero-order valence-corrected chi connectivity index (χ0v) is 22.4. The molecule has 0 atom stereocenters. The molecule has 9 heteroatoms. The predicted octanol–water partition coefficient (Wildman–Crippen LogP) is 2.79. The van der Waals surface area contributed by atoms with Crippen LogP contribution in [0.5, 0.6) is 11.5 Å². The van der Waals surface area contributed by atoms with Gasteiger partial charge in [0.15, 0.2) is 0 Å². The zero-order chi connectivity index (χ0) is 26.6. The molecule has 0 saturated carbocycles. The minimum atomic E-state index is -1.08. The van der Waals surface area contributed by atoms with Crippen LogP contribution in [-0.4, -0.2) is 41.2 Å². The Morgan fingerprint density at radius 3 is 1.42 bits per heavy atom. The van der Waals surface area contributed by atoms with Crippen molar-refractivity contribution in [2.24, 2.45) is 9.98 Å². The minimum absolute atomic E-state index is 0. The number of aliphatic carboxylic acids is 2. The third-order valence-electron chi connectivity index (χ3n) is 4.45. The molecule has 0 spiro atoms. The third kappa shape index (κ3) is 18.2. The molecule has 0 aromatic heterocycles. The molecule has 36 heavy (non-hydrogen) atoms. The maximum atomic E-state index is 9.97. The summed E-state index contributed by atoms with van der Waals surface area (Å²) in [5, 5.41) is 37.7. The van der Waals surface area contributed by atoms with Crippen molar-refractivity contribution in [2.45, 2.75) is 66.2 Å². The molecule has 8 nitrogen and oxygen atoms in total. The predicted molar refractivity (Wildman–Crippen MR) is 135 cm³/mol. The van der Waals surface area contributed by atoms with E-state index in [1.165, 1.54) is 11.1 Å². The van der Waals surface area contributed by atoms with Gasteiger partial charge in [0.2, 0.25) is 0 Å². The van der Waals surface area contributed by atoms with Crippen LogP contribution in [0.4, 0.5) is 0 Å². The van der Waals surface area contributed by atoms with Gasteiger partial charge >= 0.3 is 16.8 Å². The number of phenols is 2. The van der Waals surface area contributed by atoms with Crippen LogP contribution in [0.3, 0.4) is 0 Å². The summed E-state index contributed by atoms with van der Waals surface area (Å²) in [6, 6.07) is 11.3. The van der Waals surface area contributed by atoms with E-state index in [2.05, 4.69) is 23.8 Å². The monoisotopic (exact) mass is 543 g/mol. The Morgan fingerprint density at radius 1 is 0.778 bits per heavy atom. The second kappa shape index (κ2) is 21.1. The molecule has 0 heterocycles. The topological polar surface area (TPSA) is 145 Å². The molecule has 2 aromatic rings. The average Bonchev–Trinajstić information content (AvgIpc) is 2.78. The van der Waals surface area contributed by atoms with Crippen molar-refractivity contribution in [3.05, 3.63) is 58.7 Å². The fourth-order valence-corrected chi connectivity index (χ4v) is 2.81. The molecule has 0 fully saturated rings. The SMILES string of the molecule is CC(=O)[O-].CC(=O)[O-].CCCCc1ccc(O)c(C=NCN=Cc2cc(CCCC)ccc2O)c1.[Co+2]. The molecule has 0 aliphatic heterocycles. The normalized spacial score (nSPS) is 10.1. The van der Waals surface area contributed by atoms with Gasteiger partial charge in [-0.1, -0.05) is 38.8 Å². The number of hydrogen-bond acceptors (Lipinski definition) is 8. The Bertz CT molecular complexity index is 891. The number of carbonyl (C=O) groups excluding carboxylic acids is 2. The molecule has 2 aromatic carbocycles. The summed E-state index contributed by atoms with van der Waals surface area (Å²) in [6.07, 6.45) is 9.86. The van der Waals surface area contributed by atoms with E-state index in [9.17, 15) is 10.2 Å². The van der Waals surface area contributed by atoms with Gasteiger partial charge in [0.05, 0.1) is 0 Å². The van der Waals surface area contributed by atoms with Gasteiger partial charge < -0.3 is 30.0 Å². The van der Waals surface area contributed by atoms with Crippen molar-refractivity contribution in [2.75, 3.05) is 6.67 Å². The van der Waals surface area contributed by atoms with Gasteiger partial charge in [-0.3, -0.25) is 9.98 Å². The van der Waals surface area contributed by atoms with Crippen LogP contribution < -0.4 is 10.2 Å². The Labute approximate surface area is 224 Å². The number of unbranched alkanes of at least 4 members (excludes halogenated alkanes) is 2. The number of carbonyl (C=O) groups is 2. The largest absolute Gasteiger partial charge is 2.00 e. The molecule has 2 rings (SSSR count). The summed E-state index contributed by atoms with van der Waals surface area (Å²) < 4.78 is 0. The van der Waals surface area contributed by atoms with Crippen LogP contribution >= 0.6 is 0 Å². The molecule has 0 amide bonds. The van der Waals surface area contributed by atoms with Crippen LogP contribution in [-0.2, 0) is 39.2 Å². The maximum Gasteiger partial charge on any atom is 2.00 e. The summed E-state index contributed by atoms with van der Waals surface area (Å²) in [6.45, 7) is 6.52.